The molecule has 6 unspecified atom stereocenters. The number of hydrogen-bond acceptors (Lipinski definition) is 7. The summed E-state index contributed by atoms with van der Waals surface area (Å²) in [6.07, 6.45) is 4.45. The largest absolute Gasteiger partial charge is 0.496 e. The lowest BCUT2D eigenvalue weighted by Gasteiger charge is -2.33. The zero-order chi connectivity index (χ0) is 35.0. The molecule has 0 aromatic heterocycles. The van der Waals surface area contributed by atoms with Gasteiger partial charge < -0.3 is 30.3 Å². The van der Waals surface area contributed by atoms with Crippen LogP contribution in [0.2, 0.25) is 0 Å². The van der Waals surface area contributed by atoms with Crippen LogP contribution < -0.4 is 25.4 Å². The monoisotopic (exact) mass is 661 g/mol. The summed E-state index contributed by atoms with van der Waals surface area (Å²) in [5.41, 5.74) is 1.69. The van der Waals surface area contributed by atoms with E-state index in [4.69, 9.17) is 9.47 Å². The summed E-state index contributed by atoms with van der Waals surface area (Å²) in [4.78, 5) is 59.2. The highest BCUT2D eigenvalue weighted by Gasteiger charge is 2.46. The molecule has 2 bridgehead atoms. The first kappa shape index (κ1) is 36.5. The lowest BCUT2D eigenvalue weighted by Crippen LogP contribution is -2.60. The fraction of sp³-hybridized carbons (Fsp3) is 0.514. The number of methoxy groups -OCH3 is 1. The fourth-order valence-corrected chi connectivity index (χ4v) is 6.29. The van der Waals surface area contributed by atoms with E-state index in [1.54, 1.807) is 31.4 Å². The maximum absolute atomic E-state index is 14.4. The van der Waals surface area contributed by atoms with Crippen molar-refractivity contribution in [2.24, 2.45) is 11.8 Å². The number of amides is 4. The number of nitrogens with zero attached hydrogens (tertiary/aromatic N) is 2. The van der Waals surface area contributed by atoms with Gasteiger partial charge in [0.1, 0.15) is 35.7 Å². The van der Waals surface area contributed by atoms with Crippen LogP contribution in [-0.4, -0.2) is 91.4 Å². The first-order valence-corrected chi connectivity index (χ1v) is 16.9. The Balaban J connectivity index is 1.67. The standard InChI is InChI=1S/C37H51N5O6/c1-8-24(4)32-35(44)38-18-16-26-22-27(14-15-30(26)47-7)48-31-17-19-42(33(31)36(45)40-32)37(46)28(20-23(2)3)39-34(43)29(41(5)6)21-25-12-10-9-11-13-25/h9-16,18,22-24,28-29,31-33H,8,17,19-21H2,1-7H3,(H,38,44)(H,39,43)(H,40,45). The fourth-order valence-electron chi connectivity index (χ4n) is 6.29. The molecule has 11 heteroatoms. The molecule has 2 aromatic rings. The van der Waals surface area contributed by atoms with Crippen LogP contribution in [0.3, 0.4) is 0 Å². The molecular formula is C37H51N5O6. The molecule has 0 spiro atoms. The predicted octanol–water partition coefficient (Wildman–Crippen LogP) is 3.38. The Morgan fingerprint density at radius 2 is 1.81 bits per heavy atom. The highest BCUT2D eigenvalue weighted by atomic mass is 16.5. The minimum absolute atomic E-state index is 0.0819. The van der Waals surface area contributed by atoms with Crippen LogP contribution in [0.25, 0.3) is 6.08 Å². The van der Waals surface area contributed by atoms with Crippen molar-refractivity contribution in [2.45, 2.75) is 83.6 Å². The Labute approximate surface area is 284 Å². The van der Waals surface area contributed by atoms with Crippen LogP contribution in [0.4, 0.5) is 0 Å². The van der Waals surface area contributed by atoms with E-state index in [-0.39, 0.29) is 36.1 Å². The number of likely N-dealkylation sites (N-methyl/N-ethyl adjacent to an activating group) is 1. The van der Waals surface area contributed by atoms with Crippen molar-refractivity contribution in [3.63, 3.8) is 0 Å². The third kappa shape index (κ3) is 8.94. The Bertz CT molecular complexity index is 1460. The zero-order valence-electron chi connectivity index (χ0n) is 29.2. The van der Waals surface area contributed by atoms with Crippen molar-refractivity contribution >= 4 is 29.7 Å². The van der Waals surface area contributed by atoms with E-state index in [0.29, 0.717) is 42.7 Å². The molecule has 11 nitrogen and oxygen atoms in total. The number of fused-ring (bicyclic) bond motifs is 3. The molecule has 2 aliphatic rings. The molecular weight excluding hydrogens is 610 g/mol. The Hall–Kier alpha value is -4.38. The van der Waals surface area contributed by atoms with Gasteiger partial charge in [-0.25, -0.2) is 0 Å². The van der Waals surface area contributed by atoms with E-state index in [0.717, 1.165) is 5.56 Å². The minimum Gasteiger partial charge on any atom is -0.496 e. The number of likely N-dealkylation sites (tertiary alicyclic amines) is 1. The molecule has 4 amide bonds. The van der Waals surface area contributed by atoms with Gasteiger partial charge in [0.2, 0.25) is 23.6 Å². The minimum atomic E-state index is -1.03. The second-order valence-corrected chi connectivity index (χ2v) is 13.4. The average molecular weight is 662 g/mol. The Morgan fingerprint density at radius 3 is 2.46 bits per heavy atom. The molecule has 48 heavy (non-hydrogen) atoms. The first-order valence-electron chi connectivity index (χ1n) is 16.9. The summed E-state index contributed by atoms with van der Waals surface area (Å²) in [7, 11) is 5.25. The third-order valence-corrected chi connectivity index (χ3v) is 9.18. The van der Waals surface area contributed by atoms with Crippen molar-refractivity contribution in [1.82, 2.24) is 25.8 Å². The van der Waals surface area contributed by atoms with Crippen LogP contribution in [-0.2, 0) is 25.6 Å². The second-order valence-electron chi connectivity index (χ2n) is 13.4. The quantitative estimate of drug-likeness (QED) is 0.337. The van der Waals surface area contributed by atoms with Crippen molar-refractivity contribution in [1.29, 1.82) is 0 Å². The van der Waals surface area contributed by atoms with Crippen molar-refractivity contribution in [3.8, 4) is 11.5 Å². The summed E-state index contributed by atoms with van der Waals surface area (Å²) < 4.78 is 11.9. The van der Waals surface area contributed by atoms with E-state index in [1.807, 2.05) is 77.0 Å². The van der Waals surface area contributed by atoms with Crippen LogP contribution >= 0.6 is 0 Å². The van der Waals surface area contributed by atoms with E-state index < -0.39 is 36.2 Å². The van der Waals surface area contributed by atoms with Gasteiger partial charge in [-0.05, 0) is 68.6 Å². The Morgan fingerprint density at radius 1 is 1.08 bits per heavy atom. The van der Waals surface area contributed by atoms with Gasteiger partial charge in [-0.15, -0.1) is 0 Å². The molecule has 260 valence electrons. The van der Waals surface area contributed by atoms with E-state index >= 15 is 0 Å². The van der Waals surface area contributed by atoms with E-state index in [1.165, 1.54) is 11.1 Å². The van der Waals surface area contributed by atoms with E-state index in [2.05, 4.69) is 16.0 Å². The van der Waals surface area contributed by atoms with Crippen LogP contribution in [0, 0.1) is 11.8 Å². The van der Waals surface area contributed by atoms with Crippen molar-refractivity contribution in [3.05, 3.63) is 65.9 Å². The van der Waals surface area contributed by atoms with Gasteiger partial charge in [0.05, 0.1) is 13.2 Å². The number of benzene rings is 2. The van der Waals surface area contributed by atoms with Crippen LogP contribution in [0.1, 0.15) is 58.1 Å². The highest BCUT2D eigenvalue weighted by Crippen LogP contribution is 2.30. The summed E-state index contributed by atoms with van der Waals surface area (Å²) in [6, 6.07) is 11.8. The number of hydrogen-bond donors (Lipinski definition) is 3. The molecule has 6 atom stereocenters. The number of rotatable bonds is 11. The molecule has 1 fully saturated rings. The maximum atomic E-state index is 14.4. The number of nitrogens with one attached hydrogen (secondary N) is 3. The third-order valence-electron chi connectivity index (χ3n) is 9.18. The molecule has 1 saturated heterocycles. The maximum Gasteiger partial charge on any atom is 0.247 e. The molecule has 0 radical (unpaired) electrons. The second kappa shape index (κ2) is 16.6. The van der Waals surface area contributed by atoms with Crippen molar-refractivity contribution < 1.29 is 28.7 Å². The SMILES string of the molecule is CCC(C)C1NC(=O)C2C(CCN2C(=O)C(CC(C)C)NC(=O)C(Cc2ccccc2)N(C)C)Oc2ccc(OC)c(c2)C=CNC1=O. The highest BCUT2D eigenvalue weighted by molar-refractivity contribution is 5.96. The van der Waals surface area contributed by atoms with Gasteiger partial charge in [0.15, 0.2) is 0 Å². The zero-order valence-corrected chi connectivity index (χ0v) is 29.2. The molecule has 3 N–H and O–H groups in total. The van der Waals surface area contributed by atoms with Gasteiger partial charge in [0.25, 0.3) is 0 Å². The summed E-state index contributed by atoms with van der Waals surface area (Å²) in [5, 5.41) is 8.79. The van der Waals surface area contributed by atoms with E-state index in [9.17, 15) is 19.2 Å². The van der Waals surface area contributed by atoms with Gasteiger partial charge in [-0.3, -0.25) is 24.1 Å². The predicted molar refractivity (Wildman–Crippen MR) is 185 cm³/mol. The topological polar surface area (TPSA) is 129 Å². The molecule has 0 saturated carbocycles. The van der Waals surface area contributed by atoms with Crippen LogP contribution in [0.5, 0.6) is 11.5 Å². The lowest BCUT2D eigenvalue weighted by atomic mass is 9.97. The number of carbonyl (C=O) groups is 4. The molecule has 2 aromatic carbocycles. The van der Waals surface area contributed by atoms with Crippen LogP contribution in [0.15, 0.2) is 54.7 Å². The molecule has 2 aliphatic heterocycles. The number of ether oxygens (including phenoxy) is 2. The average Bonchev–Trinajstić information content (AvgIpc) is 3.48. The number of carbonyl (C=O) groups excluding carboxylic acids is 4. The normalized spacial score (nSPS) is 21.4. The van der Waals surface area contributed by atoms with Gasteiger partial charge >= 0.3 is 0 Å². The molecule has 2 heterocycles. The smallest absolute Gasteiger partial charge is 0.247 e. The first-order chi connectivity index (χ1) is 22.9. The molecule has 0 aliphatic carbocycles. The summed E-state index contributed by atoms with van der Waals surface area (Å²) in [5.74, 6) is -0.480. The molecule has 4 rings (SSSR count). The Kier molecular flexibility index (Phi) is 12.6. The van der Waals surface area contributed by atoms with Gasteiger partial charge in [-0.2, -0.15) is 0 Å². The summed E-state index contributed by atoms with van der Waals surface area (Å²) in [6.45, 7) is 8.08. The lowest BCUT2D eigenvalue weighted by molar-refractivity contribution is -0.144. The van der Waals surface area contributed by atoms with Crippen molar-refractivity contribution in [2.75, 3.05) is 27.7 Å². The van der Waals surface area contributed by atoms with Gasteiger partial charge in [0, 0.05) is 24.7 Å². The van der Waals surface area contributed by atoms with Gasteiger partial charge in [-0.1, -0.05) is 64.4 Å². The summed E-state index contributed by atoms with van der Waals surface area (Å²) >= 11 is 0.